The summed E-state index contributed by atoms with van der Waals surface area (Å²) < 4.78 is 7.01. The molecule has 0 atom stereocenters. The highest BCUT2D eigenvalue weighted by Crippen LogP contribution is 2.16. The van der Waals surface area contributed by atoms with Gasteiger partial charge in [0.25, 0.3) is 5.91 Å². The standard InChI is InChI=1S/C14H19N5O2/c1-4-7-19-14(16-17-18-19)15-13(20)9-21-12-6-5-10(2)11(3)8-12/h5-6,8H,4,7,9H2,1-3H3,(H,15,16,18,20). The highest BCUT2D eigenvalue weighted by atomic mass is 16.5. The first kappa shape index (κ1) is 15.0. The average Bonchev–Trinajstić information content (AvgIpc) is 2.88. The van der Waals surface area contributed by atoms with Crippen LogP contribution in [0.15, 0.2) is 18.2 Å². The molecule has 1 N–H and O–H groups in total. The third kappa shape index (κ3) is 4.01. The van der Waals surface area contributed by atoms with Gasteiger partial charge in [-0.15, -0.1) is 0 Å². The number of benzene rings is 1. The van der Waals surface area contributed by atoms with Crippen LogP contribution in [0, 0.1) is 13.8 Å². The lowest BCUT2D eigenvalue weighted by atomic mass is 10.1. The molecule has 0 unspecified atom stereocenters. The molecule has 2 aromatic rings. The fourth-order valence-corrected chi connectivity index (χ4v) is 1.77. The lowest BCUT2D eigenvalue weighted by molar-refractivity contribution is -0.118. The van der Waals surface area contributed by atoms with Crippen molar-refractivity contribution in [2.24, 2.45) is 0 Å². The van der Waals surface area contributed by atoms with Crippen molar-refractivity contribution in [2.45, 2.75) is 33.7 Å². The Bertz CT molecular complexity index is 624. The van der Waals surface area contributed by atoms with Crippen molar-refractivity contribution in [1.82, 2.24) is 20.2 Å². The van der Waals surface area contributed by atoms with Gasteiger partial charge in [-0.2, -0.15) is 0 Å². The fraction of sp³-hybridized carbons (Fsp3) is 0.429. The van der Waals surface area contributed by atoms with Gasteiger partial charge in [0, 0.05) is 6.54 Å². The molecular weight excluding hydrogens is 270 g/mol. The normalized spacial score (nSPS) is 10.4. The van der Waals surface area contributed by atoms with E-state index in [1.807, 2.05) is 39.0 Å². The quantitative estimate of drug-likeness (QED) is 0.875. The molecule has 7 nitrogen and oxygen atoms in total. The number of nitrogens with one attached hydrogen (secondary N) is 1. The number of ether oxygens (including phenoxy) is 1. The Morgan fingerprint density at radius 3 is 2.86 bits per heavy atom. The van der Waals surface area contributed by atoms with Gasteiger partial charge in [0.1, 0.15) is 5.75 Å². The Morgan fingerprint density at radius 1 is 1.33 bits per heavy atom. The van der Waals surface area contributed by atoms with Gasteiger partial charge in [-0.1, -0.05) is 18.1 Å². The predicted molar refractivity (Wildman–Crippen MR) is 78.1 cm³/mol. The molecule has 7 heteroatoms. The molecule has 0 aliphatic carbocycles. The molecule has 0 radical (unpaired) electrons. The van der Waals surface area contributed by atoms with Crippen LogP contribution in [0.25, 0.3) is 0 Å². The number of tetrazole rings is 1. The first-order valence-electron chi connectivity index (χ1n) is 6.86. The van der Waals surface area contributed by atoms with Crippen LogP contribution in [0.5, 0.6) is 5.75 Å². The van der Waals surface area contributed by atoms with Crippen molar-refractivity contribution in [3.63, 3.8) is 0 Å². The monoisotopic (exact) mass is 289 g/mol. The highest BCUT2D eigenvalue weighted by Gasteiger charge is 2.10. The van der Waals surface area contributed by atoms with Gasteiger partial charge >= 0.3 is 0 Å². The number of nitrogens with zero attached hydrogens (tertiary/aromatic N) is 4. The summed E-state index contributed by atoms with van der Waals surface area (Å²) in [7, 11) is 0. The smallest absolute Gasteiger partial charge is 0.264 e. The molecule has 2 rings (SSSR count). The lowest BCUT2D eigenvalue weighted by Gasteiger charge is -2.08. The zero-order valence-electron chi connectivity index (χ0n) is 12.5. The molecular formula is C14H19N5O2. The molecule has 0 aliphatic heterocycles. The Hall–Kier alpha value is -2.44. The van der Waals surface area contributed by atoms with Crippen LogP contribution in [0.4, 0.5) is 5.95 Å². The number of amides is 1. The minimum Gasteiger partial charge on any atom is -0.484 e. The molecule has 0 saturated carbocycles. The van der Waals surface area contributed by atoms with E-state index >= 15 is 0 Å². The third-order valence-electron chi connectivity index (χ3n) is 3.07. The van der Waals surface area contributed by atoms with Gasteiger partial charge < -0.3 is 4.74 Å². The van der Waals surface area contributed by atoms with Crippen LogP contribution in [-0.2, 0) is 11.3 Å². The largest absolute Gasteiger partial charge is 0.484 e. The molecule has 0 aliphatic rings. The number of carbonyl (C=O) groups excluding carboxylic acids is 1. The predicted octanol–water partition coefficient (Wildman–Crippen LogP) is 1.72. The van der Waals surface area contributed by atoms with Crippen molar-refractivity contribution in [3.8, 4) is 5.75 Å². The van der Waals surface area contributed by atoms with E-state index in [2.05, 4.69) is 20.8 Å². The van der Waals surface area contributed by atoms with Crippen LogP contribution in [0.1, 0.15) is 24.5 Å². The van der Waals surface area contributed by atoms with Crippen molar-refractivity contribution < 1.29 is 9.53 Å². The van der Waals surface area contributed by atoms with E-state index in [0.717, 1.165) is 12.0 Å². The number of hydrogen-bond donors (Lipinski definition) is 1. The molecule has 0 fully saturated rings. The topological polar surface area (TPSA) is 81.9 Å². The average molecular weight is 289 g/mol. The van der Waals surface area contributed by atoms with Crippen LogP contribution in [0.3, 0.4) is 0 Å². The number of aromatic nitrogens is 4. The van der Waals surface area contributed by atoms with E-state index in [-0.39, 0.29) is 12.5 Å². The van der Waals surface area contributed by atoms with E-state index in [1.165, 1.54) is 5.56 Å². The maximum absolute atomic E-state index is 11.8. The molecule has 1 amide bonds. The van der Waals surface area contributed by atoms with E-state index in [4.69, 9.17) is 4.74 Å². The summed E-state index contributed by atoms with van der Waals surface area (Å²) >= 11 is 0. The molecule has 0 bridgehead atoms. The Labute approximate surface area is 123 Å². The van der Waals surface area contributed by atoms with Crippen LogP contribution < -0.4 is 10.1 Å². The zero-order valence-corrected chi connectivity index (χ0v) is 12.5. The second-order valence-electron chi connectivity index (χ2n) is 4.81. The summed E-state index contributed by atoms with van der Waals surface area (Å²) in [6.45, 7) is 6.61. The first-order valence-corrected chi connectivity index (χ1v) is 6.86. The lowest BCUT2D eigenvalue weighted by Crippen LogP contribution is -2.22. The van der Waals surface area contributed by atoms with E-state index in [9.17, 15) is 4.79 Å². The maximum Gasteiger partial charge on any atom is 0.264 e. The minimum absolute atomic E-state index is 0.0819. The zero-order chi connectivity index (χ0) is 15.2. The number of rotatable bonds is 6. The number of carbonyl (C=O) groups is 1. The summed E-state index contributed by atoms with van der Waals surface area (Å²) in [4.78, 5) is 11.8. The fourth-order valence-electron chi connectivity index (χ4n) is 1.77. The molecule has 1 heterocycles. The molecule has 112 valence electrons. The summed E-state index contributed by atoms with van der Waals surface area (Å²) in [5, 5.41) is 13.7. The summed E-state index contributed by atoms with van der Waals surface area (Å²) in [6.07, 6.45) is 0.882. The Morgan fingerprint density at radius 2 is 2.14 bits per heavy atom. The van der Waals surface area contributed by atoms with E-state index in [1.54, 1.807) is 4.68 Å². The van der Waals surface area contributed by atoms with E-state index < -0.39 is 0 Å². The highest BCUT2D eigenvalue weighted by molar-refractivity contribution is 5.90. The summed E-state index contributed by atoms with van der Waals surface area (Å²) in [5.74, 6) is 0.715. The van der Waals surface area contributed by atoms with Gasteiger partial charge in [0.15, 0.2) is 6.61 Å². The van der Waals surface area contributed by atoms with Crippen molar-refractivity contribution in [3.05, 3.63) is 29.3 Å². The molecule has 1 aromatic carbocycles. The summed E-state index contributed by atoms with van der Waals surface area (Å²) in [6, 6.07) is 5.71. The first-order chi connectivity index (χ1) is 10.1. The van der Waals surface area contributed by atoms with Gasteiger partial charge in [0.05, 0.1) is 0 Å². The van der Waals surface area contributed by atoms with Crippen LogP contribution >= 0.6 is 0 Å². The van der Waals surface area contributed by atoms with Crippen molar-refractivity contribution in [1.29, 1.82) is 0 Å². The van der Waals surface area contributed by atoms with Crippen molar-refractivity contribution >= 4 is 11.9 Å². The number of hydrogen-bond acceptors (Lipinski definition) is 5. The summed E-state index contributed by atoms with van der Waals surface area (Å²) in [5.41, 5.74) is 2.31. The van der Waals surface area contributed by atoms with Gasteiger partial charge in [-0.25, -0.2) is 4.68 Å². The van der Waals surface area contributed by atoms with Crippen LogP contribution in [0.2, 0.25) is 0 Å². The minimum atomic E-state index is -0.291. The second-order valence-corrected chi connectivity index (χ2v) is 4.81. The third-order valence-corrected chi connectivity index (χ3v) is 3.07. The van der Waals surface area contributed by atoms with E-state index in [0.29, 0.717) is 18.2 Å². The molecule has 1 aromatic heterocycles. The molecule has 0 saturated heterocycles. The molecule has 0 spiro atoms. The Balaban J connectivity index is 1.89. The maximum atomic E-state index is 11.8. The van der Waals surface area contributed by atoms with Crippen LogP contribution in [-0.4, -0.2) is 32.7 Å². The van der Waals surface area contributed by atoms with Gasteiger partial charge in [0.2, 0.25) is 5.95 Å². The Kier molecular flexibility index (Phi) is 4.86. The van der Waals surface area contributed by atoms with Gasteiger partial charge in [-0.05, 0) is 54.0 Å². The van der Waals surface area contributed by atoms with Gasteiger partial charge in [-0.3, -0.25) is 10.1 Å². The second kappa shape index (κ2) is 6.83. The van der Waals surface area contributed by atoms with Crippen molar-refractivity contribution in [2.75, 3.05) is 11.9 Å². The number of aryl methyl sites for hydroxylation is 3. The SMILES string of the molecule is CCCn1nnnc1NC(=O)COc1ccc(C)c(C)c1. The number of anilines is 1. The molecule has 21 heavy (non-hydrogen) atoms.